The summed E-state index contributed by atoms with van der Waals surface area (Å²) in [5.41, 5.74) is 1.88. The number of hydrogen-bond donors (Lipinski definition) is 1. The van der Waals surface area contributed by atoms with Crippen molar-refractivity contribution in [3.63, 3.8) is 0 Å². The van der Waals surface area contributed by atoms with Crippen molar-refractivity contribution >= 4 is 29.1 Å². The Bertz CT molecular complexity index is 1020. The number of nitrogens with zero attached hydrogens (tertiary/aromatic N) is 4. The van der Waals surface area contributed by atoms with Crippen molar-refractivity contribution in [1.29, 1.82) is 0 Å². The molecule has 150 valence electrons. The zero-order chi connectivity index (χ0) is 20.8. The van der Waals surface area contributed by atoms with E-state index < -0.39 is 0 Å². The van der Waals surface area contributed by atoms with Gasteiger partial charge in [-0.3, -0.25) is 9.59 Å². The van der Waals surface area contributed by atoms with Crippen LogP contribution in [-0.2, 0) is 4.79 Å². The largest absolute Gasteiger partial charge is 0.493 e. The van der Waals surface area contributed by atoms with Gasteiger partial charge >= 0.3 is 0 Å². The maximum absolute atomic E-state index is 12.2. The van der Waals surface area contributed by atoms with E-state index in [1.807, 2.05) is 0 Å². The van der Waals surface area contributed by atoms with E-state index >= 15 is 0 Å². The van der Waals surface area contributed by atoms with Gasteiger partial charge in [-0.15, -0.1) is 5.10 Å². The first-order chi connectivity index (χ1) is 14.0. The molecule has 10 heteroatoms. The minimum Gasteiger partial charge on any atom is -0.493 e. The SMILES string of the molecule is COc1ccc(-n2nnnc2SCC(=O)Nc2ccc(C(C)=O)cc2)cc1OC. The molecule has 1 aromatic heterocycles. The molecule has 0 aliphatic rings. The standard InChI is InChI=1S/C19H19N5O4S/c1-12(25)13-4-6-14(7-5-13)20-18(26)11-29-19-21-22-23-24(19)15-8-9-16(27-2)17(10-15)28-3/h4-10H,11H2,1-3H3,(H,20,26). The van der Waals surface area contributed by atoms with Crippen LogP contribution in [0.5, 0.6) is 11.5 Å². The number of methoxy groups -OCH3 is 2. The Balaban J connectivity index is 1.66. The Labute approximate surface area is 171 Å². The minimum atomic E-state index is -0.215. The Hall–Kier alpha value is -3.40. The van der Waals surface area contributed by atoms with E-state index in [0.29, 0.717) is 33.6 Å². The summed E-state index contributed by atoms with van der Waals surface area (Å²) < 4.78 is 12.1. The molecule has 0 unspecified atom stereocenters. The average Bonchev–Trinajstić information content (AvgIpc) is 3.20. The molecule has 1 N–H and O–H groups in total. The summed E-state index contributed by atoms with van der Waals surface area (Å²) in [5, 5.41) is 14.9. The average molecular weight is 413 g/mol. The number of rotatable bonds is 8. The molecule has 0 aliphatic carbocycles. The molecule has 29 heavy (non-hydrogen) atoms. The summed E-state index contributed by atoms with van der Waals surface area (Å²) in [7, 11) is 3.10. The first-order valence-electron chi connectivity index (χ1n) is 8.56. The van der Waals surface area contributed by atoms with Crippen LogP contribution in [0.4, 0.5) is 5.69 Å². The first-order valence-corrected chi connectivity index (χ1v) is 9.55. The maximum Gasteiger partial charge on any atom is 0.234 e. The third-order valence-electron chi connectivity index (χ3n) is 3.96. The predicted octanol–water partition coefficient (Wildman–Crippen LogP) is 2.61. The van der Waals surface area contributed by atoms with Crippen LogP contribution < -0.4 is 14.8 Å². The summed E-state index contributed by atoms with van der Waals surface area (Å²) in [5.74, 6) is 1.01. The number of benzene rings is 2. The number of carbonyl (C=O) groups is 2. The number of hydrogen-bond acceptors (Lipinski definition) is 8. The molecular formula is C19H19N5O4S. The van der Waals surface area contributed by atoms with Crippen molar-refractivity contribution in [3.05, 3.63) is 48.0 Å². The van der Waals surface area contributed by atoms with Crippen molar-refractivity contribution < 1.29 is 19.1 Å². The number of amides is 1. The summed E-state index contributed by atoms with van der Waals surface area (Å²) >= 11 is 1.20. The maximum atomic E-state index is 12.2. The van der Waals surface area contributed by atoms with Crippen molar-refractivity contribution in [2.24, 2.45) is 0 Å². The Morgan fingerprint density at radius 2 is 1.79 bits per heavy atom. The van der Waals surface area contributed by atoms with Crippen LogP contribution in [0.25, 0.3) is 5.69 Å². The van der Waals surface area contributed by atoms with Gasteiger partial charge in [0.05, 0.1) is 25.7 Å². The highest BCUT2D eigenvalue weighted by atomic mass is 32.2. The highest BCUT2D eigenvalue weighted by molar-refractivity contribution is 7.99. The molecule has 0 aliphatic heterocycles. The van der Waals surface area contributed by atoms with E-state index in [9.17, 15) is 9.59 Å². The normalized spacial score (nSPS) is 10.4. The molecule has 0 saturated heterocycles. The lowest BCUT2D eigenvalue weighted by Gasteiger charge is -2.10. The monoisotopic (exact) mass is 413 g/mol. The summed E-state index contributed by atoms with van der Waals surface area (Å²) in [4.78, 5) is 23.6. The fraction of sp³-hybridized carbons (Fsp3) is 0.211. The molecule has 3 rings (SSSR count). The van der Waals surface area contributed by atoms with Crippen LogP contribution in [0.15, 0.2) is 47.6 Å². The smallest absolute Gasteiger partial charge is 0.234 e. The van der Waals surface area contributed by atoms with E-state index in [1.165, 1.54) is 23.4 Å². The third kappa shape index (κ3) is 4.91. The second-order valence-corrected chi connectivity index (χ2v) is 6.83. The first kappa shape index (κ1) is 20.3. The van der Waals surface area contributed by atoms with Gasteiger partial charge in [0.2, 0.25) is 11.1 Å². The number of ether oxygens (including phenoxy) is 2. The van der Waals surface area contributed by atoms with E-state index in [2.05, 4.69) is 20.8 Å². The zero-order valence-electron chi connectivity index (χ0n) is 16.1. The molecule has 0 atom stereocenters. The van der Waals surface area contributed by atoms with Crippen LogP contribution in [0.2, 0.25) is 0 Å². The van der Waals surface area contributed by atoms with Crippen LogP contribution in [0, 0.1) is 0 Å². The Morgan fingerprint density at radius 3 is 2.45 bits per heavy atom. The van der Waals surface area contributed by atoms with Gasteiger partial charge in [-0.2, -0.15) is 4.68 Å². The number of nitrogens with one attached hydrogen (secondary N) is 1. The van der Waals surface area contributed by atoms with Gasteiger partial charge in [-0.1, -0.05) is 11.8 Å². The van der Waals surface area contributed by atoms with Gasteiger partial charge in [0.15, 0.2) is 17.3 Å². The molecule has 0 spiro atoms. The highest BCUT2D eigenvalue weighted by Crippen LogP contribution is 2.30. The number of Topliss-reactive ketones (excluding diaryl/α,β-unsaturated/α-hetero) is 1. The minimum absolute atomic E-state index is 0.0274. The Morgan fingerprint density at radius 1 is 1.07 bits per heavy atom. The van der Waals surface area contributed by atoms with E-state index in [-0.39, 0.29) is 17.4 Å². The summed E-state index contributed by atoms with van der Waals surface area (Å²) in [6.07, 6.45) is 0. The quantitative estimate of drug-likeness (QED) is 0.443. The van der Waals surface area contributed by atoms with Gasteiger partial charge in [-0.25, -0.2) is 0 Å². The van der Waals surface area contributed by atoms with Crippen LogP contribution in [-0.4, -0.2) is 51.9 Å². The summed E-state index contributed by atoms with van der Waals surface area (Å²) in [6, 6.07) is 12.0. The molecular weight excluding hydrogens is 394 g/mol. The van der Waals surface area contributed by atoms with Gasteiger partial charge in [0, 0.05) is 17.3 Å². The number of tetrazole rings is 1. The van der Waals surface area contributed by atoms with Gasteiger partial charge in [0.25, 0.3) is 0 Å². The molecule has 9 nitrogen and oxygen atoms in total. The molecule has 3 aromatic rings. The number of ketones is 1. The molecule has 0 radical (unpaired) electrons. The van der Waals surface area contributed by atoms with Gasteiger partial charge in [0.1, 0.15) is 0 Å². The third-order valence-corrected chi connectivity index (χ3v) is 4.88. The van der Waals surface area contributed by atoms with Crippen LogP contribution >= 0.6 is 11.8 Å². The number of aromatic nitrogens is 4. The van der Waals surface area contributed by atoms with Crippen molar-refractivity contribution in [3.8, 4) is 17.2 Å². The van der Waals surface area contributed by atoms with E-state index in [4.69, 9.17) is 9.47 Å². The van der Waals surface area contributed by atoms with Crippen LogP contribution in [0.1, 0.15) is 17.3 Å². The molecule has 0 fully saturated rings. The molecule has 2 aromatic carbocycles. The fourth-order valence-corrected chi connectivity index (χ4v) is 3.19. The number of thioether (sulfide) groups is 1. The Kier molecular flexibility index (Phi) is 6.45. The van der Waals surface area contributed by atoms with Crippen LogP contribution in [0.3, 0.4) is 0 Å². The lowest BCUT2D eigenvalue weighted by atomic mass is 10.1. The number of anilines is 1. The van der Waals surface area contributed by atoms with E-state index in [0.717, 1.165) is 0 Å². The molecule has 1 heterocycles. The predicted molar refractivity (Wildman–Crippen MR) is 108 cm³/mol. The van der Waals surface area contributed by atoms with Crippen molar-refractivity contribution in [2.45, 2.75) is 12.1 Å². The van der Waals surface area contributed by atoms with Gasteiger partial charge < -0.3 is 14.8 Å². The molecule has 0 saturated carbocycles. The van der Waals surface area contributed by atoms with Crippen molar-refractivity contribution in [1.82, 2.24) is 20.2 Å². The molecule has 0 bridgehead atoms. The van der Waals surface area contributed by atoms with E-state index in [1.54, 1.807) is 56.7 Å². The number of carbonyl (C=O) groups excluding carboxylic acids is 2. The zero-order valence-corrected chi connectivity index (χ0v) is 16.9. The molecule has 1 amide bonds. The lowest BCUT2D eigenvalue weighted by molar-refractivity contribution is -0.113. The second kappa shape index (κ2) is 9.20. The van der Waals surface area contributed by atoms with Crippen molar-refractivity contribution in [2.75, 3.05) is 25.3 Å². The summed E-state index contributed by atoms with van der Waals surface area (Å²) in [6.45, 7) is 1.49. The fourth-order valence-electron chi connectivity index (χ4n) is 2.50. The highest BCUT2D eigenvalue weighted by Gasteiger charge is 2.14. The lowest BCUT2D eigenvalue weighted by Crippen LogP contribution is -2.14. The second-order valence-electron chi connectivity index (χ2n) is 5.88. The topological polar surface area (TPSA) is 108 Å². The van der Waals surface area contributed by atoms with Gasteiger partial charge in [-0.05, 0) is 53.7 Å².